The summed E-state index contributed by atoms with van der Waals surface area (Å²) < 4.78 is 3.43. The zero-order chi connectivity index (χ0) is 26.0. The lowest BCUT2D eigenvalue weighted by atomic mass is 9.90. The number of nitrogens with zero attached hydrogens (tertiary/aromatic N) is 6. The van der Waals surface area contributed by atoms with Gasteiger partial charge in [0.05, 0.1) is 12.2 Å². The van der Waals surface area contributed by atoms with Gasteiger partial charge < -0.3 is 15.5 Å². The van der Waals surface area contributed by atoms with Gasteiger partial charge in [0.1, 0.15) is 5.39 Å². The fourth-order valence-corrected chi connectivity index (χ4v) is 6.30. The van der Waals surface area contributed by atoms with Crippen molar-refractivity contribution in [1.82, 2.24) is 29.6 Å². The first-order valence-electron chi connectivity index (χ1n) is 13.4. The molecule has 0 saturated carbocycles. The van der Waals surface area contributed by atoms with Gasteiger partial charge in [-0.05, 0) is 55.2 Å². The first-order chi connectivity index (χ1) is 18.4. The Balaban J connectivity index is 1.25. The summed E-state index contributed by atoms with van der Waals surface area (Å²) in [4.78, 5) is 30.1. The molecule has 3 aliphatic rings. The summed E-state index contributed by atoms with van der Waals surface area (Å²) in [6.45, 7) is 10.8. The Morgan fingerprint density at radius 3 is 2.76 bits per heavy atom. The Morgan fingerprint density at radius 2 is 2.03 bits per heavy atom. The zero-order valence-electron chi connectivity index (χ0n) is 21.8. The van der Waals surface area contributed by atoms with Crippen molar-refractivity contribution >= 4 is 28.4 Å². The average molecular weight is 509 g/mol. The predicted octanol–water partition coefficient (Wildman–Crippen LogP) is 3.68. The van der Waals surface area contributed by atoms with Gasteiger partial charge in [-0.3, -0.25) is 4.79 Å². The van der Waals surface area contributed by atoms with Crippen LogP contribution in [0.4, 0.5) is 17.3 Å². The van der Waals surface area contributed by atoms with E-state index in [-0.39, 0.29) is 11.0 Å². The lowest BCUT2D eigenvalue weighted by Gasteiger charge is -2.29. The molecule has 0 radical (unpaired) electrons. The van der Waals surface area contributed by atoms with E-state index in [2.05, 4.69) is 71.3 Å². The third-order valence-electron chi connectivity index (χ3n) is 8.33. The predicted molar refractivity (Wildman–Crippen MR) is 150 cm³/mol. The highest BCUT2D eigenvalue weighted by atomic mass is 16.1. The molecule has 0 amide bonds. The van der Waals surface area contributed by atoms with Crippen LogP contribution in [0.15, 0.2) is 60.0 Å². The van der Waals surface area contributed by atoms with Crippen LogP contribution in [0.1, 0.15) is 37.9 Å². The number of allylic oxidation sites excluding steroid dienone is 1. The minimum atomic E-state index is -0.160. The SMILES string of the molecule is C=CCn1c(=O)c2cnc(Nc3ccc(N4CC5CC4CN5)cc3)nc2n1-c1ccc2c(n1)C(C)(C)CC2. The average Bonchev–Trinajstić information content (AvgIpc) is 3.68. The maximum absolute atomic E-state index is 13.3. The summed E-state index contributed by atoms with van der Waals surface area (Å²) >= 11 is 0. The molecule has 38 heavy (non-hydrogen) atoms. The number of rotatable bonds is 6. The summed E-state index contributed by atoms with van der Waals surface area (Å²) in [6, 6.07) is 13.7. The Morgan fingerprint density at radius 1 is 1.18 bits per heavy atom. The third-order valence-corrected chi connectivity index (χ3v) is 8.33. The van der Waals surface area contributed by atoms with Gasteiger partial charge in [-0.15, -0.1) is 6.58 Å². The third kappa shape index (κ3) is 3.64. The minimum Gasteiger partial charge on any atom is -0.366 e. The summed E-state index contributed by atoms with van der Waals surface area (Å²) in [5.41, 5.74) is 4.85. The van der Waals surface area contributed by atoms with Crippen LogP contribution < -0.4 is 21.1 Å². The van der Waals surface area contributed by atoms with Crippen molar-refractivity contribution in [3.63, 3.8) is 0 Å². The second-order valence-electron chi connectivity index (χ2n) is 11.3. The Labute approximate surface area is 221 Å². The molecule has 7 rings (SSSR count). The number of benzene rings is 1. The Hall–Kier alpha value is -3.98. The molecular formula is C29H32N8O. The van der Waals surface area contributed by atoms with Crippen LogP contribution in [-0.2, 0) is 18.4 Å². The first kappa shape index (κ1) is 23.2. The fourth-order valence-electron chi connectivity index (χ4n) is 6.30. The zero-order valence-corrected chi connectivity index (χ0v) is 21.8. The standard InChI is InChI=1S/C29H32N8O/c1-4-13-36-27(38)23-16-31-28(32-19-6-8-21(9-7-19)35-17-20-14-22(35)15-30-20)34-26(23)37(36)24-10-5-18-11-12-29(2,3)25(18)33-24/h4-10,16,20,22,30H,1,11-15,17H2,2-3H3,(H,31,32,34). The number of piperazine rings is 1. The number of fused-ring (bicyclic) bond motifs is 4. The number of aromatic nitrogens is 5. The van der Waals surface area contributed by atoms with E-state index in [1.54, 1.807) is 21.6 Å². The van der Waals surface area contributed by atoms with Crippen LogP contribution in [0.5, 0.6) is 0 Å². The Kier molecular flexibility index (Phi) is 5.20. The van der Waals surface area contributed by atoms with Crippen molar-refractivity contribution in [3.05, 3.63) is 76.9 Å². The summed E-state index contributed by atoms with van der Waals surface area (Å²) in [5, 5.41) is 7.33. The second kappa shape index (κ2) is 8.52. The lowest BCUT2D eigenvalue weighted by Crippen LogP contribution is -2.43. The molecule has 5 heterocycles. The molecular weight excluding hydrogens is 476 g/mol. The van der Waals surface area contributed by atoms with Gasteiger partial charge in [-0.2, -0.15) is 4.98 Å². The highest BCUT2D eigenvalue weighted by Gasteiger charge is 2.37. The quantitative estimate of drug-likeness (QED) is 0.384. The topological polar surface area (TPSA) is 92.9 Å². The van der Waals surface area contributed by atoms with Crippen molar-refractivity contribution in [2.24, 2.45) is 0 Å². The molecule has 0 spiro atoms. The molecule has 4 aromatic rings. The highest BCUT2D eigenvalue weighted by Crippen LogP contribution is 2.37. The van der Waals surface area contributed by atoms with E-state index in [1.807, 2.05) is 6.07 Å². The van der Waals surface area contributed by atoms with Crippen LogP contribution in [0.25, 0.3) is 16.9 Å². The minimum absolute atomic E-state index is 0.00312. The molecule has 1 aromatic carbocycles. The van der Waals surface area contributed by atoms with Crippen LogP contribution in [-0.4, -0.2) is 49.5 Å². The molecule has 9 nitrogen and oxygen atoms in total. The van der Waals surface area contributed by atoms with Crippen LogP contribution in [0.3, 0.4) is 0 Å². The molecule has 9 heteroatoms. The van der Waals surface area contributed by atoms with Crippen LogP contribution in [0.2, 0.25) is 0 Å². The Bertz CT molecular complexity index is 1620. The van der Waals surface area contributed by atoms with Crippen molar-refractivity contribution in [1.29, 1.82) is 0 Å². The van der Waals surface area contributed by atoms with E-state index in [0.29, 0.717) is 41.4 Å². The largest absolute Gasteiger partial charge is 0.366 e. The number of hydrogen-bond acceptors (Lipinski definition) is 7. The second-order valence-corrected chi connectivity index (χ2v) is 11.3. The molecule has 2 fully saturated rings. The summed E-state index contributed by atoms with van der Waals surface area (Å²) in [6.07, 6.45) is 6.62. The van der Waals surface area contributed by atoms with Gasteiger partial charge in [-0.1, -0.05) is 26.0 Å². The molecule has 1 aliphatic carbocycles. The highest BCUT2D eigenvalue weighted by molar-refractivity contribution is 5.77. The molecule has 2 saturated heterocycles. The van der Waals surface area contributed by atoms with Crippen LogP contribution >= 0.6 is 0 Å². The normalized spacial score (nSPS) is 21.3. The van der Waals surface area contributed by atoms with Gasteiger partial charge in [0.15, 0.2) is 11.5 Å². The molecule has 2 aliphatic heterocycles. The first-order valence-corrected chi connectivity index (χ1v) is 13.4. The van der Waals surface area contributed by atoms with E-state index >= 15 is 0 Å². The van der Waals surface area contributed by atoms with E-state index in [9.17, 15) is 4.79 Å². The maximum atomic E-state index is 13.3. The maximum Gasteiger partial charge on any atom is 0.278 e. The van der Waals surface area contributed by atoms with Gasteiger partial charge >= 0.3 is 0 Å². The van der Waals surface area contributed by atoms with E-state index in [4.69, 9.17) is 9.97 Å². The van der Waals surface area contributed by atoms with Gasteiger partial charge in [-0.25, -0.2) is 19.3 Å². The van der Waals surface area contributed by atoms with Gasteiger partial charge in [0, 0.05) is 48.2 Å². The van der Waals surface area contributed by atoms with Crippen molar-refractivity contribution in [2.75, 3.05) is 23.3 Å². The summed E-state index contributed by atoms with van der Waals surface area (Å²) in [7, 11) is 0. The molecule has 2 unspecified atom stereocenters. The summed E-state index contributed by atoms with van der Waals surface area (Å²) in [5.74, 6) is 1.11. The van der Waals surface area contributed by atoms with Crippen molar-refractivity contribution in [2.45, 2.75) is 57.2 Å². The molecule has 2 N–H and O–H groups in total. The van der Waals surface area contributed by atoms with E-state index < -0.39 is 0 Å². The van der Waals surface area contributed by atoms with Gasteiger partial charge in [0.25, 0.3) is 5.56 Å². The molecule has 2 bridgehead atoms. The molecule has 3 aromatic heterocycles. The van der Waals surface area contributed by atoms with Crippen molar-refractivity contribution < 1.29 is 0 Å². The van der Waals surface area contributed by atoms with Gasteiger partial charge in [0.2, 0.25) is 5.95 Å². The number of aryl methyl sites for hydroxylation is 1. The molecule has 2 atom stereocenters. The van der Waals surface area contributed by atoms with E-state index in [1.165, 1.54) is 17.7 Å². The smallest absolute Gasteiger partial charge is 0.278 e. The number of pyridine rings is 1. The van der Waals surface area contributed by atoms with Crippen molar-refractivity contribution in [3.8, 4) is 5.82 Å². The van der Waals surface area contributed by atoms with Crippen LogP contribution in [0, 0.1) is 0 Å². The number of nitrogens with one attached hydrogen (secondary N) is 2. The lowest BCUT2D eigenvalue weighted by molar-refractivity contribution is 0.506. The van der Waals surface area contributed by atoms with E-state index in [0.717, 1.165) is 37.3 Å². The monoisotopic (exact) mass is 508 g/mol. The number of hydrogen-bond donors (Lipinski definition) is 2. The number of anilines is 3. The molecule has 194 valence electrons. The fraction of sp³-hybridized carbons (Fsp3) is 0.379.